The molecule has 132 valence electrons. The Kier molecular flexibility index (Phi) is 7.20. The lowest BCUT2D eigenvalue weighted by Gasteiger charge is -2.21. The summed E-state index contributed by atoms with van der Waals surface area (Å²) in [6, 6.07) is 4.22. The Balaban J connectivity index is 1.82. The minimum atomic E-state index is -0.166. The molecule has 0 aromatic carbocycles. The van der Waals surface area contributed by atoms with Crippen molar-refractivity contribution in [2.45, 2.75) is 32.9 Å². The van der Waals surface area contributed by atoms with Crippen LogP contribution in [0.2, 0.25) is 0 Å². The summed E-state index contributed by atoms with van der Waals surface area (Å²) in [7, 11) is 3.78. The molecule has 0 aliphatic carbocycles. The molecule has 0 amide bonds. The number of hydrogen-bond donors (Lipinski definition) is 1. The third-order valence-electron chi connectivity index (χ3n) is 3.51. The van der Waals surface area contributed by atoms with Crippen LogP contribution < -0.4 is 5.32 Å². The monoisotopic (exact) mass is 351 g/mol. The highest BCUT2D eigenvalue weighted by Crippen LogP contribution is 2.12. The van der Waals surface area contributed by atoms with Crippen molar-refractivity contribution in [1.82, 2.24) is 20.4 Å². The normalized spacial score (nSPS) is 13.1. The van der Waals surface area contributed by atoms with Crippen LogP contribution in [0.5, 0.6) is 0 Å². The fourth-order valence-electron chi connectivity index (χ4n) is 2.21. The summed E-state index contributed by atoms with van der Waals surface area (Å²) in [4.78, 5) is 12.1. The van der Waals surface area contributed by atoms with Crippen molar-refractivity contribution in [3.8, 4) is 0 Å². The molecule has 0 fully saturated rings. The first-order chi connectivity index (χ1) is 11.6. The SMILES string of the molecule is CCOC(C)c1noc(CNC(=NC)N(C)CCc2cccs2)n1. The van der Waals surface area contributed by atoms with E-state index in [-0.39, 0.29) is 6.10 Å². The Labute approximate surface area is 146 Å². The fraction of sp³-hybridized carbons (Fsp3) is 0.562. The molecular weight excluding hydrogens is 326 g/mol. The molecule has 2 aromatic rings. The second-order valence-corrected chi connectivity index (χ2v) is 6.33. The van der Waals surface area contributed by atoms with Gasteiger partial charge in [-0.1, -0.05) is 11.2 Å². The van der Waals surface area contributed by atoms with Gasteiger partial charge in [0.1, 0.15) is 6.10 Å². The summed E-state index contributed by atoms with van der Waals surface area (Å²) < 4.78 is 10.7. The Hall–Kier alpha value is -1.93. The quantitative estimate of drug-likeness (QED) is 0.582. The molecule has 7 nitrogen and oxygen atoms in total. The second-order valence-electron chi connectivity index (χ2n) is 5.30. The molecule has 8 heteroatoms. The predicted octanol–water partition coefficient (Wildman–Crippen LogP) is 2.48. The molecule has 24 heavy (non-hydrogen) atoms. The lowest BCUT2D eigenvalue weighted by Crippen LogP contribution is -2.39. The average molecular weight is 351 g/mol. The zero-order chi connectivity index (χ0) is 17.4. The molecule has 1 N–H and O–H groups in total. The zero-order valence-corrected chi connectivity index (χ0v) is 15.5. The number of ether oxygens (including phenoxy) is 1. The third-order valence-corrected chi connectivity index (χ3v) is 4.45. The van der Waals surface area contributed by atoms with Crippen LogP contribution in [0.4, 0.5) is 0 Å². The highest BCUT2D eigenvalue weighted by Gasteiger charge is 2.14. The van der Waals surface area contributed by atoms with Crippen LogP contribution in [-0.2, 0) is 17.7 Å². The van der Waals surface area contributed by atoms with Crippen LogP contribution in [0.3, 0.4) is 0 Å². The van der Waals surface area contributed by atoms with Crippen LogP contribution >= 0.6 is 11.3 Å². The van der Waals surface area contributed by atoms with Gasteiger partial charge in [-0.15, -0.1) is 11.3 Å². The van der Waals surface area contributed by atoms with E-state index in [1.807, 2.05) is 20.9 Å². The van der Waals surface area contributed by atoms with Gasteiger partial charge in [0.15, 0.2) is 11.8 Å². The largest absolute Gasteiger partial charge is 0.371 e. The van der Waals surface area contributed by atoms with Gasteiger partial charge in [-0.25, -0.2) is 0 Å². The van der Waals surface area contributed by atoms with E-state index < -0.39 is 0 Å². The van der Waals surface area contributed by atoms with E-state index in [9.17, 15) is 0 Å². The molecule has 2 heterocycles. The van der Waals surface area contributed by atoms with E-state index in [0.29, 0.717) is 24.9 Å². The molecule has 0 aliphatic heterocycles. The minimum absolute atomic E-state index is 0.166. The van der Waals surface area contributed by atoms with Gasteiger partial charge in [0.25, 0.3) is 0 Å². The fourth-order valence-corrected chi connectivity index (χ4v) is 2.91. The third kappa shape index (κ3) is 5.31. The highest BCUT2D eigenvalue weighted by molar-refractivity contribution is 7.09. The van der Waals surface area contributed by atoms with Gasteiger partial charge in [-0.3, -0.25) is 4.99 Å². The maximum atomic E-state index is 5.46. The summed E-state index contributed by atoms with van der Waals surface area (Å²) in [5, 5.41) is 9.29. The Morgan fingerprint density at radius 2 is 2.38 bits per heavy atom. The van der Waals surface area contributed by atoms with E-state index in [1.165, 1.54) is 4.88 Å². The summed E-state index contributed by atoms with van der Waals surface area (Å²) in [6.07, 6.45) is 0.825. The van der Waals surface area contributed by atoms with E-state index in [1.54, 1.807) is 18.4 Å². The molecule has 2 aromatic heterocycles. The van der Waals surface area contributed by atoms with Crippen molar-refractivity contribution < 1.29 is 9.26 Å². The van der Waals surface area contributed by atoms with Gasteiger partial charge in [-0.2, -0.15) is 4.98 Å². The van der Waals surface area contributed by atoms with Crippen LogP contribution in [0.1, 0.15) is 36.5 Å². The second kappa shape index (κ2) is 9.39. The number of guanidine groups is 1. The first-order valence-corrected chi connectivity index (χ1v) is 8.90. The van der Waals surface area contributed by atoms with Crippen LogP contribution in [0.25, 0.3) is 0 Å². The van der Waals surface area contributed by atoms with E-state index >= 15 is 0 Å². The van der Waals surface area contributed by atoms with Gasteiger partial charge in [-0.05, 0) is 31.7 Å². The molecule has 1 unspecified atom stereocenters. The first-order valence-electron chi connectivity index (χ1n) is 8.02. The molecule has 0 radical (unpaired) electrons. The number of rotatable bonds is 8. The van der Waals surface area contributed by atoms with Crippen LogP contribution in [-0.4, -0.2) is 48.2 Å². The number of thiophene rings is 1. The number of likely N-dealkylation sites (N-methyl/N-ethyl adjacent to an activating group) is 1. The predicted molar refractivity (Wildman–Crippen MR) is 95.2 cm³/mol. The van der Waals surface area contributed by atoms with Crippen molar-refractivity contribution >= 4 is 17.3 Å². The van der Waals surface area contributed by atoms with Crippen molar-refractivity contribution in [3.05, 3.63) is 34.1 Å². The summed E-state index contributed by atoms with van der Waals surface area (Å²) in [6.45, 7) is 5.78. The molecule has 0 bridgehead atoms. The lowest BCUT2D eigenvalue weighted by atomic mass is 10.3. The molecule has 0 spiro atoms. The number of hydrogen-bond acceptors (Lipinski definition) is 6. The topological polar surface area (TPSA) is 75.8 Å². The smallest absolute Gasteiger partial charge is 0.246 e. The standard InChI is InChI=1S/C16H25N5O2S/c1-5-22-12(2)15-19-14(23-20-15)11-18-16(17-3)21(4)9-8-13-7-6-10-24-13/h6-7,10,12H,5,8-9,11H2,1-4H3,(H,17,18). The van der Waals surface area contributed by atoms with Gasteiger partial charge < -0.3 is 19.5 Å². The number of aliphatic imine (C=N–C) groups is 1. The average Bonchev–Trinajstić information content (AvgIpc) is 3.25. The van der Waals surface area contributed by atoms with Crippen LogP contribution in [0.15, 0.2) is 27.0 Å². The Bertz CT molecular complexity index is 626. The maximum Gasteiger partial charge on any atom is 0.246 e. The van der Waals surface area contributed by atoms with Gasteiger partial charge in [0.05, 0.1) is 6.54 Å². The number of nitrogens with one attached hydrogen (secondary N) is 1. The number of aromatic nitrogens is 2. The molecule has 0 saturated heterocycles. The first kappa shape index (κ1) is 18.4. The van der Waals surface area contributed by atoms with E-state index in [4.69, 9.17) is 9.26 Å². The lowest BCUT2D eigenvalue weighted by molar-refractivity contribution is 0.0683. The van der Waals surface area contributed by atoms with Crippen molar-refractivity contribution in [2.24, 2.45) is 4.99 Å². The zero-order valence-electron chi connectivity index (χ0n) is 14.7. The van der Waals surface area contributed by atoms with Gasteiger partial charge >= 0.3 is 0 Å². The summed E-state index contributed by atoms with van der Waals surface area (Å²) in [5.74, 6) is 1.88. The van der Waals surface area contributed by atoms with E-state index in [2.05, 4.69) is 42.9 Å². The highest BCUT2D eigenvalue weighted by atomic mass is 32.1. The maximum absolute atomic E-state index is 5.46. The minimum Gasteiger partial charge on any atom is -0.371 e. The Morgan fingerprint density at radius 3 is 3.04 bits per heavy atom. The van der Waals surface area contributed by atoms with Crippen molar-refractivity contribution in [1.29, 1.82) is 0 Å². The summed E-state index contributed by atoms with van der Waals surface area (Å²) >= 11 is 1.77. The van der Waals surface area contributed by atoms with Gasteiger partial charge in [0, 0.05) is 32.1 Å². The molecule has 0 aliphatic rings. The Morgan fingerprint density at radius 1 is 1.54 bits per heavy atom. The summed E-state index contributed by atoms with van der Waals surface area (Å²) in [5.41, 5.74) is 0. The van der Waals surface area contributed by atoms with Gasteiger partial charge in [0.2, 0.25) is 5.89 Å². The molecular formula is C16H25N5O2S. The van der Waals surface area contributed by atoms with Crippen molar-refractivity contribution in [2.75, 3.05) is 27.2 Å². The van der Waals surface area contributed by atoms with Crippen LogP contribution in [0, 0.1) is 0 Å². The molecule has 0 saturated carbocycles. The van der Waals surface area contributed by atoms with E-state index in [0.717, 1.165) is 18.9 Å². The van der Waals surface area contributed by atoms with Crippen molar-refractivity contribution in [3.63, 3.8) is 0 Å². The molecule has 2 rings (SSSR count). The number of nitrogens with zero attached hydrogens (tertiary/aromatic N) is 4. The molecule has 1 atom stereocenters.